The zero-order valence-electron chi connectivity index (χ0n) is 15.0. The maximum absolute atomic E-state index is 12.5. The van der Waals surface area contributed by atoms with Crippen molar-refractivity contribution < 1.29 is 13.6 Å². The Hall–Kier alpha value is -3.01. The number of halogens is 1. The van der Waals surface area contributed by atoms with Crippen LogP contribution in [0, 0.1) is 5.41 Å². The Morgan fingerprint density at radius 3 is 2.77 bits per heavy atom. The first-order valence-corrected chi connectivity index (χ1v) is 10.7. The summed E-state index contributed by atoms with van der Waals surface area (Å²) in [4.78, 5) is 17.5. The van der Waals surface area contributed by atoms with Gasteiger partial charge in [0.15, 0.2) is 21.7 Å². The van der Waals surface area contributed by atoms with E-state index >= 15 is 0 Å². The van der Waals surface area contributed by atoms with Crippen LogP contribution in [0.15, 0.2) is 89.3 Å². The molecular formula is C20H11ClN4O3S2. The van der Waals surface area contributed by atoms with E-state index < -0.39 is 5.91 Å². The van der Waals surface area contributed by atoms with Gasteiger partial charge in [-0.1, -0.05) is 23.4 Å². The quantitative estimate of drug-likeness (QED) is 0.534. The van der Waals surface area contributed by atoms with Crippen molar-refractivity contribution in [2.24, 2.45) is 10.1 Å². The Morgan fingerprint density at radius 1 is 1.17 bits per heavy atom. The number of nitrogens with one attached hydrogen (secondary N) is 1. The van der Waals surface area contributed by atoms with Gasteiger partial charge in [0.1, 0.15) is 5.76 Å². The number of hydrogen-bond donors (Lipinski definition) is 1. The molecule has 1 N–H and O–H groups in total. The lowest BCUT2D eigenvalue weighted by Gasteiger charge is -2.19. The number of carbonyl (C=O) groups excluding carboxylic acids is 1. The summed E-state index contributed by atoms with van der Waals surface area (Å²) < 4.78 is 11.1. The second kappa shape index (κ2) is 7.67. The van der Waals surface area contributed by atoms with Gasteiger partial charge in [-0.3, -0.25) is 10.2 Å². The molecule has 0 saturated carbocycles. The number of carbonyl (C=O) groups is 1. The monoisotopic (exact) mass is 454 g/mol. The fourth-order valence-electron chi connectivity index (χ4n) is 2.72. The van der Waals surface area contributed by atoms with Crippen LogP contribution in [0.5, 0.6) is 0 Å². The maximum atomic E-state index is 12.5. The van der Waals surface area contributed by atoms with E-state index in [2.05, 4.69) is 10.1 Å². The van der Waals surface area contributed by atoms with Crippen LogP contribution < -0.4 is 0 Å². The number of hydrazone groups is 1. The number of thioether (sulfide) groups is 1. The van der Waals surface area contributed by atoms with Gasteiger partial charge in [-0.15, -0.1) is 0 Å². The van der Waals surface area contributed by atoms with E-state index in [-0.39, 0.29) is 11.4 Å². The van der Waals surface area contributed by atoms with Crippen molar-refractivity contribution in [3.05, 3.63) is 76.9 Å². The van der Waals surface area contributed by atoms with Gasteiger partial charge in [-0.05, 0) is 66.4 Å². The molecule has 30 heavy (non-hydrogen) atoms. The maximum Gasteiger partial charge on any atom is 0.283 e. The zero-order valence-corrected chi connectivity index (χ0v) is 17.4. The van der Waals surface area contributed by atoms with E-state index in [1.54, 1.807) is 36.4 Å². The number of fused-ring (bicyclic) bond motifs is 1. The van der Waals surface area contributed by atoms with Gasteiger partial charge < -0.3 is 8.83 Å². The first kappa shape index (κ1) is 19.0. The Morgan fingerprint density at radius 2 is 2.00 bits per heavy atom. The normalized spacial score (nSPS) is 17.4. The number of amides is 1. The molecule has 2 aliphatic heterocycles. The molecule has 7 nitrogen and oxygen atoms in total. The van der Waals surface area contributed by atoms with E-state index in [1.165, 1.54) is 40.9 Å². The molecule has 3 aromatic rings. The largest absolute Gasteiger partial charge is 0.462 e. The highest BCUT2D eigenvalue weighted by atomic mass is 35.5. The molecule has 0 atom stereocenters. The standard InChI is InChI=1S/C20H11ClN4O3S2/c21-11-3-6-13(7-4-11)29-16-8-5-12(28-16)10-14-17(22)25-20(23-18(14)26)30-19(24-25)15-2-1-9-27-15/h1-10,22H/b14-10-,22-17?. The SMILES string of the molecule is N=C1/C(=C/c2ccc(Sc3ccc(Cl)cc3)o2)C(=O)N=C2SC(c3ccco3)=NN12. The molecule has 2 aromatic heterocycles. The van der Waals surface area contributed by atoms with Crippen molar-refractivity contribution in [1.82, 2.24) is 5.01 Å². The van der Waals surface area contributed by atoms with Gasteiger partial charge in [-0.2, -0.15) is 15.1 Å². The molecule has 0 fully saturated rings. The lowest BCUT2D eigenvalue weighted by molar-refractivity contribution is -0.114. The molecule has 0 radical (unpaired) electrons. The first-order chi connectivity index (χ1) is 14.6. The van der Waals surface area contributed by atoms with Crippen molar-refractivity contribution in [3.63, 3.8) is 0 Å². The van der Waals surface area contributed by atoms with Crippen LogP contribution in [-0.2, 0) is 4.79 Å². The number of furan rings is 2. The molecule has 4 heterocycles. The Balaban J connectivity index is 1.38. The third-order valence-electron chi connectivity index (χ3n) is 4.11. The van der Waals surface area contributed by atoms with Crippen molar-refractivity contribution in [3.8, 4) is 0 Å². The lowest BCUT2D eigenvalue weighted by atomic mass is 10.1. The lowest BCUT2D eigenvalue weighted by Crippen LogP contribution is -2.35. The van der Waals surface area contributed by atoms with Gasteiger partial charge >= 0.3 is 0 Å². The highest BCUT2D eigenvalue weighted by Gasteiger charge is 2.36. The van der Waals surface area contributed by atoms with Gasteiger partial charge in [0.2, 0.25) is 5.17 Å². The number of benzene rings is 1. The average molecular weight is 455 g/mol. The molecule has 1 aromatic carbocycles. The van der Waals surface area contributed by atoms with E-state index in [0.717, 1.165) is 4.90 Å². The summed E-state index contributed by atoms with van der Waals surface area (Å²) in [6.45, 7) is 0. The molecule has 1 amide bonds. The number of amidine groups is 2. The predicted molar refractivity (Wildman–Crippen MR) is 117 cm³/mol. The molecular weight excluding hydrogens is 444 g/mol. The zero-order chi connectivity index (χ0) is 20.7. The summed E-state index contributed by atoms with van der Waals surface area (Å²) in [7, 11) is 0. The number of nitrogens with zero attached hydrogens (tertiary/aromatic N) is 3. The van der Waals surface area contributed by atoms with Gasteiger partial charge in [0.05, 0.1) is 11.8 Å². The Kier molecular flexibility index (Phi) is 4.86. The average Bonchev–Trinajstić information content (AvgIpc) is 3.47. The summed E-state index contributed by atoms with van der Waals surface area (Å²) in [6, 6.07) is 14.4. The minimum Gasteiger partial charge on any atom is -0.462 e. The summed E-state index contributed by atoms with van der Waals surface area (Å²) >= 11 is 8.52. The Labute approximate surface area is 184 Å². The van der Waals surface area contributed by atoms with Gasteiger partial charge in [0.25, 0.3) is 5.91 Å². The highest BCUT2D eigenvalue weighted by Crippen LogP contribution is 2.33. The summed E-state index contributed by atoms with van der Waals surface area (Å²) in [5, 5.41) is 16.3. The summed E-state index contributed by atoms with van der Waals surface area (Å²) in [6.07, 6.45) is 3.04. The Bertz CT molecular complexity index is 1240. The second-order valence-electron chi connectivity index (χ2n) is 6.12. The molecule has 0 spiro atoms. The van der Waals surface area contributed by atoms with E-state index in [1.807, 2.05) is 12.1 Å². The van der Waals surface area contributed by atoms with Crippen LogP contribution in [0.2, 0.25) is 5.02 Å². The van der Waals surface area contributed by atoms with Crippen molar-refractivity contribution in [2.45, 2.75) is 9.99 Å². The highest BCUT2D eigenvalue weighted by molar-refractivity contribution is 8.27. The second-order valence-corrected chi connectivity index (χ2v) is 8.59. The van der Waals surface area contributed by atoms with Crippen LogP contribution in [0.1, 0.15) is 11.5 Å². The first-order valence-electron chi connectivity index (χ1n) is 8.64. The molecule has 148 valence electrons. The third kappa shape index (κ3) is 3.62. The minimum absolute atomic E-state index is 0.0673. The molecule has 5 rings (SSSR count). The summed E-state index contributed by atoms with van der Waals surface area (Å²) in [5.74, 6) is 0.415. The van der Waals surface area contributed by atoms with Gasteiger partial charge in [-0.25, -0.2) is 0 Å². The molecule has 0 aliphatic carbocycles. The predicted octanol–water partition coefficient (Wildman–Crippen LogP) is 5.34. The van der Waals surface area contributed by atoms with E-state index in [0.29, 0.717) is 31.8 Å². The van der Waals surface area contributed by atoms with Crippen molar-refractivity contribution in [1.29, 1.82) is 5.41 Å². The number of rotatable bonds is 4. The number of hydrogen-bond acceptors (Lipinski definition) is 7. The van der Waals surface area contributed by atoms with Crippen LogP contribution in [0.3, 0.4) is 0 Å². The molecule has 10 heteroatoms. The van der Waals surface area contributed by atoms with Crippen LogP contribution in [0.25, 0.3) is 6.08 Å². The molecule has 0 saturated heterocycles. The third-order valence-corrected chi connectivity index (χ3v) is 6.21. The molecule has 0 unspecified atom stereocenters. The van der Waals surface area contributed by atoms with Crippen LogP contribution in [-0.4, -0.2) is 27.0 Å². The topological polar surface area (TPSA) is 95.2 Å². The van der Waals surface area contributed by atoms with Crippen LogP contribution >= 0.6 is 35.1 Å². The fourth-order valence-corrected chi connectivity index (χ4v) is 4.48. The van der Waals surface area contributed by atoms with Crippen molar-refractivity contribution in [2.75, 3.05) is 0 Å². The molecule has 2 aliphatic rings. The van der Waals surface area contributed by atoms with Gasteiger partial charge in [0, 0.05) is 9.92 Å². The summed E-state index contributed by atoms with van der Waals surface area (Å²) in [5.41, 5.74) is 0.0983. The van der Waals surface area contributed by atoms with Crippen LogP contribution in [0.4, 0.5) is 0 Å². The number of aliphatic imine (C=N–C) groups is 1. The minimum atomic E-state index is -0.516. The van der Waals surface area contributed by atoms with Crippen molar-refractivity contribution >= 4 is 63.2 Å². The van der Waals surface area contributed by atoms with E-state index in [4.69, 9.17) is 25.8 Å². The van der Waals surface area contributed by atoms with E-state index in [9.17, 15) is 4.79 Å². The fraction of sp³-hybridized carbons (Fsp3) is 0. The smallest absolute Gasteiger partial charge is 0.283 e. The molecule has 0 bridgehead atoms.